The van der Waals surface area contributed by atoms with E-state index in [-0.39, 0.29) is 5.28 Å². The molecule has 0 saturated carbocycles. The number of nitrogens with one attached hydrogen (secondary N) is 2. The highest BCUT2D eigenvalue weighted by Crippen LogP contribution is 2.03. The minimum atomic E-state index is 0.111. The minimum absolute atomic E-state index is 0.111. The largest absolute Gasteiger partial charge is 0.295 e. The van der Waals surface area contributed by atoms with Gasteiger partial charge in [0.25, 0.3) is 0 Å². The van der Waals surface area contributed by atoms with Crippen molar-refractivity contribution in [3.63, 3.8) is 0 Å². The van der Waals surface area contributed by atoms with Gasteiger partial charge in [-0.25, -0.2) is 4.98 Å². The van der Waals surface area contributed by atoms with Crippen LogP contribution in [0.1, 0.15) is 0 Å². The highest BCUT2D eigenvalue weighted by atomic mass is 35.5. The normalized spacial score (nSPS) is 9.67. The third-order valence-corrected chi connectivity index (χ3v) is 1.54. The lowest BCUT2D eigenvalue weighted by Crippen LogP contribution is -2.12. The molecule has 2 aromatic heterocycles. The zero-order valence-corrected chi connectivity index (χ0v) is 8.05. The second kappa shape index (κ2) is 4.42. The summed E-state index contributed by atoms with van der Waals surface area (Å²) in [6.45, 7) is 0. The Kier molecular flexibility index (Phi) is 2.79. The standard InChI is InChI=1S/C6H5ClN8/c7-5-8-3-9-6(12-5)14-13-4-1-10-15-11-2-4/h1-3H,(H,13,15)(H,8,9,12,14). The average Bonchev–Trinajstić information content (AvgIpc) is 2.28. The van der Waals surface area contributed by atoms with Crippen molar-refractivity contribution in [2.75, 3.05) is 10.9 Å². The molecule has 2 N–H and O–H groups in total. The van der Waals surface area contributed by atoms with E-state index in [1.807, 2.05) is 0 Å². The third-order valence-electron chi connectivity index (χ3n) is 1.36. The lowest BCUT2D eigenvalue weighted by molar-refractivity contribution is 0.865. The van der Waals surface area contributed by atoms with Crippen molar-refractivity contribution in [2.24, 2.45) is 0 Å². The Hall–Kier alpha value is -2.09. The van der Waals surface area contributed by atoms with Crippen molar-refractivity contribution in [1.29, 1.82) is 0 Å². The van der Waals surface area contributed by atoms with Crippen molar-refractivity contribution in [2.45, 2.75) is 0 Å². The van der Waals surface area contributed by atoms with Gasteiger partial charge in [-0.2, -0.15) is 9.97 Å². The first kappa shape index (κ1) is 9.46. The molecule has 0 aromatic carbocycles. The van der Waals surface area contributed by atoms with Gasteiger partial charge < -0.3 is 0 Å². The summed E-state index contributed by atoms with van der Waals surface area (Å²) in [7, 11) is 0. The van der Waals surface area contributed by atoms with Crippen LogP contribution >= 0.6 is 11.6 Å². The van der Waals surface area contributed by atoms with Crippen molar-refractivity contribution >= 4 is 23.2 Å². The summed E-state index contributed by atoms with van der Waals surface area (Å²) in [4.78, 5) is 11.3. The monoisotopic (exact) mass is 224 g/mol. The fraction of sp³-hybridized carbons (Fsp3) is 0. The number of aromatic nitrogens is 6. The quantitative estimate of drug-likeness (QED) is 0.711. The zero-order valence-electron chi connectivity index (χ0n) is 7.29. The Morgan fingerprint density at radius 3 is 2.60 bits per heavy atom. The van der Waals surface area contributed by atoms with Gasteiger partial charge in [-0.1, -0.05) is 0 Å². The topological polar surface area (TPSA) is 101 Å². The SMILES string of the molecule is Clc1ncnc(NNc2cnnnc2)n1. The summed E-state index contributed by atoms with van der Waals surface area (Å²) in [5, 5.41) is 10.6. The average molecular weight is 225 g/mol. The van der Waals surface area contributed by atoms with Crippen molar-refractivity contribution in [3.8, 4) is 0 Å². The molecule has 8 nitrogen and oxygen atoms in total. The van der Waals surface area contributed by atoms with Crippen LogP contribution in [-0.4, -0.2) is 30.4 Å². The molecule has 0 fully saturated rings. The molecule has 76 valence electrons. The van der Waals surface area contributed by atoms with Gasteiger partial charge in [0.05, 0.1) is 18.1 Å². The van der Waals surface area contributed by atoms with Gasteiger partial charge in [-0.05, 0) is 16.8 Å². The second-order valence-corrected chi connectivity index (χ2v) is 2.70. The number of halogens is 1. The van der Waals surface area contributed by atoms with Crippen LogP contribution in [-0.2, 0) is 0 Å². The molecule has 0 radical (unpaired) electrons. The fourth-order valence-corrected chi connectivity index (χ4v) is 0.892. The molecule has 0 aliphatic heterocycles. The Balaban J connectivity index is 1.99. The van der Waals surface area contributed by atoms with Gasteiger partial charge in [-0.3, -0.25) is 10.9 Å². The number of anilines is 2. The van der Waals surface area contributed by atoms with E-state index >= 15 is 0 Å². The molecule has 9 heteroatoms. The fourth-order valence-electron chi connectivity index (χ4n) is 0.768. The van der Waals surface area contributed by atoms with Crippen molar-refractivity contribution in [3.05, 3.63) is 24.0 Å². The van der Waals surface area contributed by atoms with Gasteiger partial charge in [0.1, 0.15) is 6.33 Å². The predicted octanol–water partition coefficient (Wildman–Crippen LogP) is 0.149. The van der Waals surface area contributed by atoms with Gasteiger partial charge in [-0.15, -0.1) is 10.2 Å². The molecular formula is C6H5ClN8. The van der Waals surface area contributed by atoms with Gasteiger partial charge >= 0.3 is 0 Å². The summed E-state index contributed by atoms with van der Waals surface area (Å²) >= 11 is 5.56. The van der Waals surface area contributed by atoms with Crippen LogP contribution in [0.2, 0.25) is 5.28 Å². The van der Waals surface area contributed by atoms with Crippen molar-refractivity contribution in [1.82, 2.24) is 30.4 Å². The molecule has 0 saturated heterocycles. The molecule has 2 heterocycles. The van der Waals surface area contributed by atoms with Crippen LogP contribution in [0.4, 0.5) is 11.6 Å². The number of nitrogens with zero attached hydrogens (tertiary/aromatic N) is 6. The van der Waals surface area contributed by atoms with Gasteiger partial charge in [0, 0.05) is 0 Å². The van der Waals surface area contributed by atoms with E-state index in [1.165, 1.54) is 18.7 Å². The molecule has 0 spiro atoms. The summed E-state index contributed by atoms with van der Waals surface area (Å²) in [6, 6.07) is 0. The number of rotatable bonds is 3. The molecular weight excluding hydrogens is 220 g/mol. The molecule has 0 unspecified atom stereocenters. The lowest BCUT2D eigenvalue weighted by atomic mass is 10.6. The van der Waals surface area contributed by atoms with E-state index in [1.54, 1.807) is 0 Å². The number of hydrogen-bond acceptors (Lipinski definition) is 8. The highest BCUT2D eigenvalue weighted by molar-refractivity contribution is 6.28. The van der Waals surface area contributed by atoms with E-state index in [4.69, 9.17) is 11.6 Å². The molecule has 15 heavy (non-hydrogen) atoms. The first-order valence-electron chi connectivity index (χ1n) is 3.84. The van der Waals surface area contributed by atoms with E-state index in [9.17, 15) is 0 Å². The number of hydrogen-bond donors (Lipinski definition) is 2. The summed E-state index contributed by atoms with van der Waals surface area (Å²) in [5.74, 6) is 0.298. The maximum atomic E-state index is 5.56. The molecule has 0 aliphatic carbocycles. The summed E-state index contributed by atoms with van der Waals surface area (Å²) in [6.07, 6.45) is 4.27. The van der Waals surface area contributed by atoms with E-state index in [0.717, 1.165) is 0 Å². The third kappa shape index (κ3) is 2.68. The highest BCUT2D eigenvalue weighted by Gasteiger charge is 1.97. The first-order valence-corrected chi connectivity index (χ1v) is 4.22. The Bertz CT molecular complexity index is 434. The molecule has 0 amide bonds. The Labute approximate surface area is 89.1 Å². The van der Waals surface area contributed by atoms with E-state index in [0.29, 0.717) is 11.6 Å². The molecule has 0 bridgehead atoms. The molecule has 0 atom stereocenters. The molecule has 2 aromatic rings. The second-order valence-electron chi connectivity index (χ2n) is 2.36. The molecule has 2 rings (SSSR count). The Morgan fingerprint density at radius 2 is 1.87 bits per heavy atom. The van der Waals surface area contributed by atoms with Crippen molar-refractivity contribution < 1.29 is 0 Å². The summed E-state index contributed by atoms with van der Waals surface area (Å²) in [5.41, 5.74) is 6.09. The Morgan fingerprint density at radius 1 is 1.07 bits per heavy atom. The summed E-state index contributed by atoms with van der Waals surface area (Å²) < 4.78 is 0. The smallest absolute Gasteiger partial charge is 0.246 e. The first-order chi connectivity index (χ1) is 7.34. The van der Waals surface area contributed by atoms with Crippen LogP contribution in [0.15, 0.2) is 18.7 Å². The van der Waals surface area contributed by atoms with Crippen LogP contribution in [0, 0.1) is 0 Å². The van der Waals surface area contributed by atoms with Gasteiger partial charge in [0.2, 0.25) is 11.2 Å². The zero-order chi connectivity index (χ0) is 10.5. The number of hydrazine groups is 1. The van der Waals surface area contributed by atoms with Crippen LogP contribution in [0.3, 0.4) is 0 Å². The van der Waals surface area contributed by atoms with Gasteiger partial charge in [0.15, 0.2) is 0 Å². The van der Waals surface area contributed by atoms with E-state index < -0.39 is 0 Å². The molecule has 0 aliphatic rings. The predicted molar refractivity (Wildman–Crippen MR) is 51.9 cm³/mol. The maximum absolute atomic E-state index is 5.56. The van der Waals surface area contributed by atoms with Crippen LogP contribution in [0.5, 0.6) is 0 Å². The lowest BCUT2D eigenvalue weighted by Gasteiger charge is -2.05. The van der Waals surface area contributed by atoms with Crippen LogP contribution in [0.25, 0.3) is 0 Å². The van der Waals surface area contributed by atoms with Crippen LogP contribution < -0.4 is 10.9 Å². The van der Waals surface area contributed by atoms with E-state index in [2.05, 4.69) is 41.2 Å². The maximum Gasteiger partial charge on any atom is 0.246 e. The minimum Gasteiger partial charge on any atom is -0.295 e.